The van der Waals surface area contributed by atoms with Crippen molar-refractivity contribution in [1.82, 2.24) is 9.88 Å². The number of aliphatic carboxylic acids is 1. The maximum atomic E-state index is 11.9. The van der Waals surface area contributed by atoms with E-state index in [9.17, 15) is 9.59 Å². The largest absolute Gasteiger partial charge is 0.480 e. The number of nitrogens with zero attached hydrogens (tertiary/aromatic N) is 2. The summed E-state index contributed by atoms with van der Waals surface area (Å²) in [5, 5.41) is 8.75. The predicted octanol–water partition coefficient (Wildman–Crippen LogP) is 0.654. The molecule has 0 saturated heterocycles. The molecule has 1 amide bonds. The van der Waals surface area contributed by atoms with E-state index in [0.717, 1.165) is 5.56 Å². The first-order chi connectivity index (χ1) is 9.13. The molecule has 0 bridgehead atoms. The van der Waals surface area contributed by atoms with E-state index in [1.807, 2.05) is 0 Å². The summed E-state index contributed by atoms with van der Waals surface area (Å²) in [7, 11) is 1.49. The molecule has 0 radical (unpaired) electrons. The molecule has 0 aliphatic carbocycles. The Morgan fingerprint density at radius 2 is 2.32 bits per heavy atom. The van der Waals surface area contributed by atoms with Gasteiger partial charge in [0, 0.05) is 32.1 Å². The summed E-state index contributed by atoms with van der Waals surface area (Å²) >= 11 is 0. The molecular weight excluding hydrogens is 248 g/mol. The average Bonchev–Trinajstić information content (AvgIpc) is 2.41. The molecule has 1 aromatic rings. The van der Waals surface area contributed by atoms with Crippen LogP contribution < -0.4 is 0 Å². The van der Waals surface area contributed by atoms with Gasteiger partial charge in [0.15, 0.2) is 0 Å². The number of pyridine rings is 1. The number of hydrogen-bond acceptors (Lipinski definition) is 4. The Balaban J connectivity index is 2.65. The Labute approximate surface area is 111 Å². The first kappa shape index (κ1) is 14.8. The first-order valence-electron chi connectivity index (χ1n) is 5.71. The van der Waals surface area contributed by atoms with Gasteiger partial charge in [-0.25, -0.2) is 0 Å². The number of rotatable bonds is 7. The highest BCUT2D eigenvalue weighted by Crippen LogP contribution is 2.00. The maximum absolute atomic E-state index is 11.9. The molecule has 0 saturated carbocycles. The van der Waals surface area contributed by atoms with E-state index in [4.69, 9.17) is 9.84 Å². The summed E-state index contributed by atoms with van der Waals surface area (Å²) in [6, 6.07) is 3.55. The minimum atomic E-state index is -1.06. The van der Waals surface area contributed by atoms with Crippen LogP contribution in [0, 0.1) is 0 Å². The van der Waals surface area contributed by atoms with Crippen LogP contribution in [0.25, 0.3) is 6.08 Å². The number of carbonyl (C=O) groups excluding carboxylic acids is 1. The van der Waals surface area contributed by atoms with Crippen LogP contribution >= 0.6 is 0 Å². The topological polar surface area (TPSA) is 79.7 Å². The quantitative estimate of drug-likeness (QED) is 0.732. The van der Waals surface area contributed by atoms with Gasteiger partial charge in [-0.05, 0) is 17.7 Å². The standard InChI is InChI=1S/C13H16N2O4/c1-19-8-7-15(10-13(17)18)12(16)5-4-11-3-2-6-14-9-11/h2-6,9H,7-8,10H2,1H3,(H,17,18). The van der Waals surface area contributed by atoms with Gasteiger partial charge in [-0.1, -0.05) is 6.07 Å². The van der Waals surface area contributed by atoms with Gasteiger partial charge in [-0.2, -0.15) is 0 Å². The third-order valence-corrected chi connectivity index (χ3v) is 2.31. The van der Waals surface area contributed by atoms with Gasteiger partial charge in [-0.3, -0.25) is 14.6 Å². The lowest BCUT2D eigenvalue weighted by Crippen LogP contribution is -2.36. The number of ether oxygens (including phenoxy) is 1. The Morgan fingerprint density at radius 1 is 1.53 bits per heavy atom. The molecule has 0 aromatic carbocycles. The molecule has 6 nitrogen and oxygen atoms in total. The first-order valence-corrected chi connectivity index (χ1v) is 5.71. The lowest BCUT2D eigenvalue weighted by Gasteiger charge is -2.18. The zero-order valence-corrected chi connectivity index (χ0v) is 10.7. The van der Waals surface area contributed by atoms with Gasteiger partial charge < -0.3 is 14.7 Å². The summed E-state index contributed by atoms with van der Waals surface area (Å²) in [5.74, 6) is -1.43. The van der Waals surface area contributed by atoms with Gasteiger partial charge in [0.05, 0.1) is 6.61 Å². The van der Waals surface area contributed by atoms with E-state index in [1.165, 1.54) is 18.1 Å². The smallest absolute Gasteiger partial charge is 0.323 e. The molecule has 19 heavy (non-hydrogen) atoms. The fourth-order valence-electron chi connectivity index (χ4n) is 1.38. The highest BCUT2D eigenvalue weighted by atomic mass is 16.5. The zero-order valence-electron chi connectivity index (χ0n) is 10.7. The summed E-state index contributed by atoms with van der Waals surface area (Å²) in [6.45, 7) is 0.179. The van der Waals surface area contributed by atoms with Crippen LogP contribution in [0.15, 0.2) is 30.6 Å². The molecule has 1 rings (SSSR count). The molecule has 102 valence electrons. The average molecular weight is 264 g/mol. The Kier molecular flexibility index (Phi) is 6.25. The highest BCUT2D eigenvalue weighted by Gasteiger charge is 2.13. The van der Waals surface area contributed by atoms with Gasteiger partial charge in [0.2, 0.25) is 5.91 Å². The van der Waals surface area contributed by atoms with Crippen molar-refractivity contribution in [2.24, 2.45) is 0 Å². The minimum Gasteiger partial charge on any atom is -0.480 e. The van der Waals surface area contributed by atoms with Crippen molar-refractivity contribution >= 4 is 18.0 Å². The van der Waals surface area contributed by atoms with Crippen LogP contribution in [0.1, 0.15) is 5.56 Å². The van der Waals surface area contributed by atoms with Gasteiger partial charge in [0.25, 0.3) is 0 Å². The molecule has 0 aliphatic rings. The monoisotopic (exact) mass is 264 g/mol. The molecular formula is C13H16N2O4. The fraction of sp³-hybridized carbons (Fsp3) is 0.308. The molecule has 6 heteroatoms. The van der Waals surface area contributed by atoms with Crippen LogP contribution in [0.5, 0.6) is 0 Å². The number of carboxylic acid groups (broad SMARTS) is 1. The second kappa shape index (κ2) is 7.99. The SMILES string of the molecule is COCCN(CC(=O)O)C(=O)C=Cc1cccnc1. The Morgan fingerprint density at radius 3 is 2.89 bits per heavy atom. The van der Waals surface area contributed by atoms with E-state index in [0.29, 0.717) is 6.61 Å². The van der Waals surface area contributed by atoms with Crippen molar-refractivity contribution in [2.45, 2.75) is 0 Å². The number of amides is 1. The van der Waals surface area contributed by atoms with Crippen molar-refractivity contribution in [2.75, 3.05) is 26.8 Å². The van der Waals surface area contributed by atoms with E-state index < -0.39 is 5.97 Å². The normalized spacial score (nSPS) is 10.6. The molecule has 0 aliphatic heterocycles. The second-order valence-corrected chi connectivity index (χ2v) is 3.77. The molecule has 0 atom stereocenters. The minimum absolute atomic E-state index is 0.235. The van der Waals surface area contributed by atoms with Crippen LogP contribution in [0.4, 0.5) is 0 Å². The van der Waals surface area contributed by atoms with Crippen molar-refractivity contribution < 1.29 is 19.4 Å². The van der Waals surface area contributed by atoms with Crippen molar-refractivity contribution in [3.8, 4) is 0 Å². The third-order valence-electron chi connectivity index (χ3n) is 2.31. The predicted molar refractivity (Wildman–Crippen MR) is 69.4 cm³/mol. The lowest BCUT2D eigenvalue weighted by molar-refractivity contribution is -0.143. The van der Waals surface area contributed by atoms with Gasteiger partial charge in [0.1, 0.15) is 6.54 Å². The van der Waals surface area contributed by atoms with Crippen molar-refractivity contribution in [3.63, 3.8) is 0 Å². The molecule has 1 N–H and O–H groups in total. The second-order valence-electron chi connectivity index (χ2n) is 3.77. The lowest BCUT2D eigenvalue weighted by atomic mass is 10.2. The van der Waals surface area contributed by atoms with E-state index >= 15 is 0 Å². The summed E-state index contributed by atoms with van der Waals surface area (Å²) in [6.07, 6.45) is 6.17. The number of carboxylic acids is 1. The van der Waals surface area contributed by atoms with Crippen LogP contribution in [0.3, 0.4) is 0 Å². The number of methoxy groups -OCH3 is 1. The number of hydrogen-bond donors (Lipinski definition) is 1. The third kappa shape index (κ3) is 5.78. The Bertz CT molecular complexity index is 445. The van der Waals surface area contributed by atoms with Gasteiger partial charge >= 0.3 is 5.97 Å². The molecule has 0 spiro atoms. The summed E-state index contributed by atoms with van der Waals surface area (Å²) in [4.78, 5) is 27.7. The van der Waals surface area contributed by atoms with Crippen LogP contribution in [0.2, 0.25) is 0 Å². The summed E-state index contributed by atoms with van der Waals surface area (Å²) < 4.78 is 4.85. The van der Waals surface area contributed by atoms with Crippen LogP contribution in [-0.2, 0) is 14.3 Å². The molecule has 1 heterocycles. The molecule has 0 unspecified atom stereocenters. The summed E-state index contributed by atoms with van der Waals surface area (Å²) in [5.41, 5.74) is 0.776. The van der Waals surface area contributed by atoms with Crippen molar-refractivity contribution in [1.29, 1.82) is 0 Å². The number of aromatic nitrogens is 1. The van der Waals surface area contributed by atoms with Crippen LogP contribution in [-0.4, -0.2) is 53.7 Å². The van der Waals surface area contributed by atoms with Gasteiger partial charge in [-0.15, -0.1) is 0 Å². The fourth-order valence-corrected chi connectivity index (χ4v) is 1.38. The van der Waals surface area contributed by atoms with E-state index in [-0.39, 0.29) is 19.0 Å². The highest BCUT2D eigenvalue weighted by molar-refractivity contribution is 5.93. The maximum Gasteiger partial charge on any atom is 0.323 e. The molecule has 0 fully saturated rings. The molecule has 1 aromatic heterocycles. The van der Waals surface area contributed by atoms with E-state index in [2.05, 4.69) is 4.98 Å². The van der Waals surface area contributed by atoms with Crippen molar-refractivity contribution in [3.05, 3.63) is 36.2 Å². The zero-order chi connectivity index (χ0) is 14.1. The number of carbonyl (C=O) groups is 2. The van der Waals surface area contributed by atoms with E-state index in [1.54, 1.807) is 30.6 Å². The Hall–Kier alpha value is -2.21.